The lowest BCUT2D eigenvalue weighted by Crippen LogP contribution is -3.14. The molecule has 136 valence electrons. The Labute approximate surface area is 148 Å². The molecule has 1 aliphatic rings. The minimum absolute atomic E-state index is 0.000756. The molecule has 1 aromatic rings. The molecule has 0 aliphatic carbocycles. The SMILES string of the molecule is Cc1ccc(NC(=O)CN(C)C(=O)C[NH+]2CCC[C@@H](C(N)=O)C2)cc1. The van der Waals surface area contributed by atoms with Crippen LogP contribution in [0.4, 0.5) is 5.69 Å². The zero-order valence-electron chi connectivity index (χ0n) is 14.9. The summed E-state index contributed by atoms with van der Waals surface area (Å²) in [6.45, 7) is 3.69. The van der Waals surface area contributed by atoms with Gasteiger partial charge in [0.25, 0.3) is 5.91 Å². The van der Waals surface area contributed by atoms with E-state index >= 15 is 0 Å². The third kappa shape index (κ3) is 5.86. The number of nitrogens with zero attached hydrogens (tertiary/aromatic N) is 1. The molecule has 1 saturated heterocycles. The number of amides is 3. The Morgan fingerprint density at radius 2 is 1.96 bits per heavy atom. The standard InChI is InChI=1S/C18H26N4O3/c1-13-5-7-15(8-6-13)20-16(23)11-21(2)17(24)12-22-9-3-4-14(10-22)18(19)25/h5-8,14H,3-4,9-12H2,1-2H3,(H2,19,25)(H,20,23)/p+1/t14-/m1/s1. The number of carbonyl (C=O) groups is 3. The number of likely N-dealkylation sites (tertiary alicyclic amines) is 1. The number of primary amides is 1. The van der Waals surface area contributed by atoms with Crippen molar-refractivity contribution in [2.45, 2.75) is 19.8 Å². The highest BCUT2D eigenvalue weighted by Crippen LogP contribution is 2.08. The van der Waals surface area contributed by atoms with E-state index in [0.29, 0.717) is 12.2 Å². The monoisotopic (exact) mass is 347 g/mol. The second-order valence-electron chi connectivity index (χ2n) is 6.79. The van der Waals surface area contributed by atoms with Crippen LogP contribution in [0.25, 0.3) is 0 Å². The Morgan fingerprint density at radius 3 is 2.60 bits per heavy atom. The second-order valence-corrected chi connectivity index (χ2v) is 6.79. The van der Waals surface area contributed by atoms with Crippen LogP contribution < -0.4 is 16.0 Å². The van der Waals surface area contributed by atoms with Crippen LogP contribution in [0.3, 0.4) is 0 Å². The van der Waals surface area contributed by atoms with Gasteiger partial charge in [-0.2, -0.15) is 0 Å². The first-order chi connectivity index (χ1) is 11.8. The molecule has 3 amide bonds. The highest BCUT2D eigenvalue weighted by Gasteiger charge is 2.29. The van der Waals surface area contributed by atoms with Gasteiger partial charge in [0.1, 0.15) is 0 Å². The summed E-state index contributed by atoms with van der Waals surface area (Å²) in [5.41, 5.74) is 7.19. The van der Waals surface area contributed by atoms with E-state index in [4.69, 9.17) is 5.73 Å². The van der Waals surface area contributed by atoms with Gasteiger partial charge in [0.15, 0.2) is 6.54 Å². The van der Waals surface area contributed by atoms with Gasteiger partial charge < -0.3 is 20.9 Å². The smallest absolute Gasteiger partial charge is 0.277 e. The average Bonchev–Trinajstić information content (AvgIpc) is 2.57. The highest BCUT2D eigenvalue weighted by atomic mass is 16.2. The molecule has 2 atom stereocenters. The van der Waals surface area contributed by atoms with E-state index in [1.807, 2.05) is 31.2 Å². The largest absolute Gasteiger partial charge is 0.369 e. The van der Waals surface area contributed by atoms with Crippen LogP contribution in [-0.4, -0.2) is 55.8 Å². The summed E-state index contributed by atoms with van der Waals surface area (Å²) in [4.78, 5) is 38.2. The fourth-order valence-electron chi connectivity index (χ4n) is 3.04. The maximum Gasteiger partial charge on any atom is 0.277 e. The minimum Gasteiger partial charge on any atom is -0.369 e. The van der Waals surface area contributed by atoms with Gasteiger partial charge in [0.05, 0.1) is 25.6 Å². The first-order valence-corrected chi connectivity index (χ1v) is 8.58. The molecule has 1 fully saturated rings. The number of carbonyl (C=O) groups excluding carboxylic acids is 3. The van der Waals surface area contributed by atoms with Gasteiger partial charge in [-0.05, 0) is 31.9 Å². The Balaban J connectivity index is 1.80. The fraction of sp³-hybridized carbons (Fsp3) is 0.500. The molecule has 1 heterocycles. The molecule has 7 nitrogen and oxygen atoms in total. The number of anilines is 1. The predicted octanol–water partition coefficient (Wildman–Crippen LogP) is -0.828. The molecule has 0 radical (unpaired) electrons. The molecule has 25 heavy (non-hydrogen) atoms. The first kappa shape index (κ1) is 18.9. The van der Waals surface area contributed by atoms with Gasteiger partial charge in [0, 0.05) is 12.7 Å². The van der Waals surface area contributed by atoms with Crippen molar-refractivity contribution in [3.05, 3.63) is 29.8 Å². The number of hydrogen-bond donors (Lipinski definition) is 3. The van der Waals surface area contributed by atoms with Crippen molar-refractivity contribution < 1.29 is 19.3 Å². The molecular weight excluding hydrogens is 320 g/mol. The molecule has 1 unspecified atom stereocenters. The van der Waals surface area contributed by atoms with Crippen molar-refractivity contribution in [1.82, 2.24) is 4.90 Å². The Kier molecular flexibility index (Phi) is 6.52. The fourth-order valence-corrected chi connectivity index (χ4v) is 3.04. The summed E-state index contributed by atoms with van der Waals surface area (Å²) in [5.74, 6) is -0.801. The van der Waals surface area contributed by atoms with Gasteiger partial charge in [0.2, 0.25) is 11.8 Å². The molecule has 0 spiro atoms. The predicted molar refractivity (Wildman–Crippen MR) is 94.9 cm³/mol. The van der Waals surface area contributed by atoms with Gasteiger partial charge >= 0.3 is 0 Å². The van der Waals surface area contributed by atoms with Gasteiger partial charge in [-0.1, -0.05) is 17.7 Å². The van der Waals surface area contributed by atoms with E-state index in [2.05, 4.69) is 5.32 Å². The van der Waals surface area contributed by atoms with E-state index in [9.17, 15) is 14.4 Å². The van der Waals surface area contributed by atoms with Crippen molar-refractivity contribution in [1.29, 1.82) is 0 Å². The van der Waals surface area contributed by atoms with E-state index < -0.39 is 0 Å². The number of aryl methyl sites for hydroxylation is 1. The van der Waals surface area contributed by atoms with Crippen LogP contribution in [0, 0.1) is 12.8 Å². The third-order valence-electron chi connectivity index (χ3n) is 4.56. The first-order valence-electron chi connectivity index (χ1n) is 8.58. The Hall–Kier alpha value is -2.41. The number of nitrogens with two attached hydrogens (primary N) is 1. The second kappa shape index (κ2) is 8.62. The third-order valence-corrected chi connectivity index (χ3v) is 4.56. The molecule has 4 N–H and O–H groups in total. The summed E-state index contributed by atoms with van der Waals surface area (Å²) in [6.07, 6.45) is 1.68. The number of quaternary nitrogens is 1. The van der Waals surface area contributed by atoms with Crippen LogP contribution in [0.15, 0.2) is 24.3 Å². The van der Waals surface area contributed by atoms with Crippen LogP contribution in [-0.2, 0) is 14.4 Å². The highest BCUT2D eigenvalue weighted by molar-refractivity contribution is 5.94. The summed E-state index contributed by atoms with van der Waals surface area (Å²) in [5, 5.41) is 2.78. The van der Waals surface area contributed by atoms with Crippen molar-refractivity contribution in [2.24, 2.45) is 11.7 Å². The van der Waals surface area contributed by atoms with Crippen molar-refractivity contribution in [3.63, 3.8) is 0 Å². The molecule has 0 aromatic heterocycles. The van der Waals surface area contributed by atoms with Crippen LogP contribution in [0.5, 0.6) is 0 Å². The molecule has 2 rings (SSSR count). The number of hydrogen-bond acceptors (Lipinski definition) is 3. The lowest BCUT2D eigenvalue weighted by molar-refractivity contribution is -0.899. The maximum atomic E-state index is 12.3. The summed E-state index contributed by atoms with van der Waals surface area (Å²) in [6, 6.07) is 7.49. The van der Waals surface area contributed by atoms with Crippen molar-refractivity contribution in [2.75, 3.05) is 38.5 Å². The zero-order chi connectivity index (χ0) is 18.4. The molecule has 0 bridgehead atoms. The quantitative estimate of drug-likeness (QED) is 0.627. The lowest BCUT2D eigenvalue weighted by Gasteiger charge is -2.29. The van der Waals surface area contributed by atoms with Gasteiger partial charge in [-0.15, -0.1) is 0 Å². The lowest BCUT2D eigenvalue weighted by atomic mass is 9.97. The van der Waals surface area contributed by atoms with E-state index in [-0.39, 0.29) is 36.7 Å². The van der Waals surface area contributed by atoms with E-state index in [1.54, 1.807) is 7.05 Å². The Bertz CT molecular complexity index is 630. The zero-order valence-corrected chi connectivity index (χ0v) is 14.9. The molecule has 1 aliphatic heterocycles. The number of nitrogens with one attached hydrogen (secondary N) is 2. The van der Waals surface area contributed by atoms with Crippen molar-refractivity contribution >= 4 is 23.4 Å². The summed E-state index contributed by atoms with van der Waals surface area (Å²) < 4.78 is 0. The summed E-state index contributed by atoms with van der Waals surface area (Å²) >= 11 is 0. The van der Waals surface area contributed by atoms with Crippen LogP contribution in [0.2, 0.25) is 0 Å². The number of likely N-dealkylation sites (N-methyl/N-ethyl adjacent to an activating group) is 1. The summed E-state index contributed by atoms with van der Waals surface area (Å²) in [7, 11) is 1.62. The molecule has 7 heteroatoms. The normalized spacial score (nSPS) is 19.9. The maximum absolute atomic E-state index is 12.3. The Morgan fingerprint density at radius 1 is 1.28 bits per heavy atom. The average molecular weight is 347 g/mol. The number of piperidine rings is 1. The molecule has 1 aromatic carbocycles. The van der Waals surface area contributed by atoms with Crippen molar-refractivity contribution in [3.8, 4) is 0 Å². The van der Waals surface area contributed by atoms with E-state index in [0.717, 1.165) is 29.8 Å². The van der Waals surface area contributed by atoms with E-state index in [1.165, 1.54) is 4.90 Å². The molecular formula is C18H27N4O3+. The number of rotatable bonds is 6. The minimum atomic E-state index is -0.296. The topological polar surface area (TPSA) is 96.9 Å². The van der Waals surface area contributed by atoms with Crippen LogP contribution in [0.1, 0.15) is 18.4 Å². The van der Waals surface area contributed by atoms with Crippen LogP contribution >= 0.6 is 0 Å². The number of benzene rings is 1. The van der Waals surface area contributed by atoms with Gasteiger partial charge in [-0.25, -0.2) is 0 Å². The molecule has 0 saturated carbocycles. The van der Waals surface area contributed by atoms with Gasteiger partial charge in [-0.3, -0.25) is 14.4 Å².